The highest BCUT2D eigenvalue weighted by molar-refractivity contribution is 6.31. The van der Waals surface area contributed by atoms with E-state index in [1.807, 2.05) is 5.48 Å². The average Bonchev–Trinajstić information content (AvgIpc) is 3.36. The smallest absolute Gasteiger partial charge is 0.201 e. The van der Waals surface area contributed by atoms with Crippen LogP contribution in [0.3, 0.4) is 0 Å². The van der Waals surface area contributed by atoms with Crippen LogP contribution in [0, 0.1) is 17.5 Å². The summed E-state index contributed by atoms with van der Waals surface area (Å²) in [5.74, 6) is -2.85. The van der Waals surface area contributed by atoms with Crippen molar-refractivity contribution in [2.45, 2.75) is 12.5 Å². The Morgan fingerprint density at radius 1 is 1.24 bits per heavy atom. The molecule has 1 aliphatic heterocycles. The Labute approximate surface area is 168 Å². The molecule has 3 aromatic rings. The maximum atomic E-state index is 14.3. The summed E-state index contributed by atoms with van der Waals surface area (Å²) in [6.07, 6.45) is 0.858. The van der Waals surface area contributed by atoms with E-state index in [-0.39, 0.29) is 45.1 Å². The van der Waals surface area contributed by atoms with E-state index in [1.165, 1.54) is 12.1 Å². The summed E-state index contributed by atoms with van der Waals surface area (Å²) in [5, 5.41) is 15.7. The lowest BCUT2D eigenvalue weighted by molar-refractivity contribution is 0.235. The summed E-state index contributed by atoms with van der Waals surface area (Å²) in [4.78, 5) is 11.1. The Hall–Kier alpha value is -2.82. The monoisotopic (exact) mass is 424 g/mol. The van der Waals surface area contributed by atoms with Gasteiger partial charge in [-0.3, -0.25) is 10.7 Å². The lowest BCUT2D eigenvalue weighted by Crippen LogP contribution is -2.22. The molecule has 0 saturated carbocycles. The molecule has 0 bridgehead atoms. The van der Waals surface area contributed by atoms with Crippen molar-refractivity contribution < 1.29 is 18.4 Å². The van der Waals surface area contributed by atoms with Gasteiger partial charge in [0.05, 0.1) is 16.2 Å². The number of anilines is 1. The molecule has 1 unspecified atom stereocenters. The van der Waals surface area contributed by atoms with Gasteiger partial charge >= 0.3 is 0 Å². The maximum absolute atomic E-state index is 14.3. The first-order valence-electron chi connectivity index (χ1n) is 8.75. The van der Waals surface area contributed by atoms with E-state index in [0.29, 0.717) is 0 Å². The summed E-state index contributed by atoms with van der Waals surface area (Å²) >= 11 is 5.75. The fraction of sp³-hybridized carbons (Fsp3) is 0.222. The van der Waals surface area contributed by atoms with Crippen LogP contribution in [-0.4, -0.2) is 40.1 Å². The highest BCUT2D eigenvalue weighted by Gasteiger charge is 2.22. The number of nitrogens with zero attached hydrogens (tertiary/aromatic N) is 2. The third-order valence-corrected chi connectivity index (χ3v) is 4.86. The molecule has 0 spiro atoms. The molecule has 1 atom stereocenters. The molecule has 2 heterocycles. The number of hydrogen-bond acceptors (Lipinski definition) is 5. The number of H-pyrrole nitrogens is 1. The highest BCUT2D eigenvalue weighted by atomic mass is 35.5. The van der Waals surface area contributed by atoms with Gasteiger partial charge in [0.25, 0.3) is 0 Å². The molecule has 4 rings (SSSR count). The van der Waals surface area contributed by atoms with Crippen molar-refractivity contribution in [3.8, 4) is 0 Å². The Morgan fingerprint density at radius 2 is 2.07 bits per heavy atom. The van der Waals surface area contributed by atoms with Crippen LogP contribution in [0.4, 0.5) is 24.8 Å². The van der Waals surface area contributed by atoms with Crippen molar-refractivity contribution in [2.24, 2.45) is 4.99 Å². The largest absolute Gasteiger partial charge is 0.352 e. The van der Waals surface area contributed by atoms with Gasteiger partial charge < -0.3 is 15.6 Å². The number of nitrogens with one attached hydrogen (secondary N) is 4. The van der Waals surface area contributed by atoms with Crippen molar-refractivity contribution in [3.63, 3.8) is 0 Å². The van der Waals surface area contributed by atoms with Crippen molar-refractivity contribution in [2.75, 3.05) is 18.4 Å². The van der Waals surface area contributed by atoms with Gasteiger partial charge in [0.15, 0.2) is 17.5 Å². The minimum absolute atomic E-state index is 0.0342. The third-order valence-electron chi connectivity index (χ3n) is 4.57. The zero-order valence-electron chi connectivity index (χ0n) is 14.9. The number of amidine groups is 1. The van der Waals surface area contributed by atoms with E-state index >= 15 is 0 Å². The molecule has 7 nitrogen and oxygen atoms in total. The Morgan fingerprint density at radius 3 is 2.76 bits per heavy atom. The molecule has 1 fully saturated rings. The molecule has 29 heavy (non-hydrogen) atoms. The summed E-state index contributed by atoms with van der Waals surface area (Å²) < 4.78 is 41.9. The Bertz CT molecular complexity index is 1100. The molecule has 0 amide bonds. The first kappa shape index (κ1) is 19.5. The second-order valence-electron chi connectivity index (χ2n) is 6.53. The van der Waals surface area contributed by atoms with Gasteiger partial charge in [-0.15, -0.1) is 0 Å². The summed E-state index contributed by atoms with van der Waals surface area (Å²) in [5.41, 5.74) is 1.99. The first-order chi connectivity index (χ1) is 14.0. The zero-order chi connectivity index (χ0) is 20.5. The van der Waals surface area contributed by atoms with Crippen LogP contribution in [0.1, 0.15) is 12.0 Å². The normalized spacial score (nSPS) is 17.1. The van der Waals surface area contributed by atoms with Crippen molar-refractivity contribution in [1.29, 1.82) is 0 Å². The van der Waals surface area contributed by atoms with Gasteiger partial charge in [0.1, 0.15) is 11.3 Å². The molecule has 2 aromatic carbocycles. The number of aliphatic imine (C=N–C) groups is 1. The summed E-state index contributed by atoms with van der Waals surface area (Å²) in [6, 6.07) is 4.63. The van der Waals surface area contributed by atoms with Gasteiger partial charge in [-0.1, -0.05) is 11.6 Å². The molecule has 5 N–H and O–H groups in total. The molecule has 152 valence electrons. The van der Waals surface area contributed by atoms with E-state index in [2.05, 4.69) is 25.6 Å². The number of fused-ring (bicyclic) bond motifs is 1. The van der Waals surface area contributed by atoms with Gasteiger partial charge in [-0.25, -0.2) is 23.1 Å². The van der Waals surface area contributed by atoms with Crippen molar-refractivity contribution >= 4 is 40.1 Å². The van der Waals surface area contributed by atoms with E-state index < -0.39 is 17.5 Å². The molecular weight excluding hydrogens is 409 g/mol. The Balaban J connectivity index is 1.79. The standard InChI is InChI=1S/C18H16ClF3N6O/c19-11-5-8(1-2-12(11)20)24-17(28-29)10-6-13(21)14(22)16-15(10)26-18(27-16)25-9-3-4-23-7-9/h1-2,5-6,9,23,29H,3-4,7H2,(H,24,28)(H2,25,26,27). The SMILES string of the molecule is ONC(=Nc1ccc(F)c(Cl)c1)c1cc(F)c(F)c2nc(NC3CCNC3)[nH]c12. The third kappa shape index (κ3) is 3.86. The van der Waals surface area contributed by atoms with E-state index in [0.717, 1.165) is 31.6 Å². The lowest BCUT2D eigenvalue weighted by atomic mass is 10.1. The lowest BCUT2D eigenvalue weighted by Gasteiger charge is -2.09. The maximum Gasteiger partial charge on any atom is 0.201 e. The quantitative estimate of drug-likeness (QED) is 0.251. The predicted molar refractivity (Wildman–Crippen MR) is 103 cm³/mol. The molecule has 1 aromatic heterocycles. The van der Waals surface area contributed by atoms with Crippen LogP contribution in [0.2, 0.25) is 5.02 Å². The molecule has 0 aliphatic carbocycles. The van der Waals surface area contributed by atoms with Crippen LogP contribution in [-0.2, 0) is 0 Å². The number of halogens is 4. The van der Waals surface area contributed by atoms with Crippen LogP contribution in [0.5, 0.6) is 0 Å². The fourth-order valence-electron chi connectivity index (χ4n) is 3.16. The minimum Gasteiger partial charge on any atom is -0.352 e. The molecule has 11 heteroatoms. The number of hydrogen-bond donors (Lipinski definition) is 5. The molecule has 1 aliphatic rings. The number of hydroxylamine groups is 1. The van der Waals surface area contributed by atoms with Gasteiger partial charge in [-0.05, 0) is 37.2 Å². The van der Waals surface area contributed by atoms with E-state index in [4.69, 9.17) is 11.6 Å². The number of imidazole rings is 1. The first-order valence-corrected chi connectivity index (χ1v) is 9.13. The topological polar surface area (TPSA) is 97.4 Å². The molecule has 1 saturated heterocycles. The van der Waals surface area contributed by atoms with Crippen molar-refractivity contribution in [1.82, 2.24) is 20.8 Å². The number of rotatable bonds is 4. The van der Waals surface area contributed by atoms with Crippen LogP contribution in [0.15, 0.2) is 29.3 Å². The van der Waals surface area contributed by atoms with Crippen LogP contribution < -0.4 is 16.1 Å². The van der Waals surface area contributed by atoms with Crippen LogP contribution >= 0.6 is 11.6 Å². The van der Waals surface area contributed by atoms with Gasteiger partial charge in [0.2, 0.25) is 5.95 Å². The molecule has 0 radical (unpaired) electrons. The second kappa shape index (κ2) is 7.90. The highest BCUT2D eigenvalue weighted by Crippen LogP contribution is 2.27. The minimum atomic E-state index is -1.16. The predicted octanol–water partition coefficient (Wildman–Crippen LogP) is 3.46. The Kier molecular flexibility index (Phi) is 5.31. The number of aromatic nitrogens is 2. The van der Waals surface area contributed by atoms with E-state index in [1.54, 1.807) is 0 Å². The van der Waals surface area contributed by atoms with Crippen molar-refractivity contribution in [3.05, 3.63) is 52.3 Å². The van der Waals surface area contributed by atoms with E-state index in [9.17, 15) is 18.4 Å². The number of aromatic amines is 1. The average molecular weight is 425 g/mol. The number of benzene rings is 2. The van der Waals surface area contributed by atoms with Gasteiger partial charge in [0, 0.05) is 18.2 Å². The van der Waals surface area contributed by atoms with Gasteiger partial charge in [-0.2, -0.15) is 0 Å². The second-order valence-corrected chi connectivity index (χ2v) is 6.94. The zero-order valence-corrected chi connectivity index (χ0v) is 15.6. The fourth-order valence-corrected chi connectivity index (χ4v) is 3.33. The summed E-state index contributed by atoms with van der Waals surface area (Å²) in [7, 11) is 0. The van der Waals surface area contributed by atoms with Crippen LogP contribution in [0.25, 0.3) is 11.0 Å². The molecular formula is C18H16ClF3N6O. The summed E-state index contributed by atoms with van der Waals surface area (Å²) in [6.45, 7) is 1.56.